The van der Waals surface area contributed by atoms with Crippen molar-refractivity contribution in [2.24, 2.45) is 0 Å². The van der Waals surface area contributed by atoms with Gasteiger partial charge in [0.1, 0.15) is 11.9 Å². The SMILES string of the molecule is CCc1ccc(C2CN(c3ccnc(N(C)C)n3)CCO2)cc1. The average molecular weight is 312 g/mol. The molecule has 0 bridgehead atoms. The number of hydrogen-bond acceptors (Lipinski definition) is 5. The third-order valence-corrected chi connectivity index (χ3v) is 4.18. The highest BCUT2D eigenvalue weighted by Gasteiger charge is 2.23. The van der Waals surface area contributed by atoms with Crippen molar-refractivity contribution in [3.05, 3.63) is 47.7 Å². The summed E-state index contributed by atoms with van der Waals surface area (Å²) in [6, 6.07) is 10.7. The molecular weight excluding hydrogens is 288 g/mol. The minimum atomic E-state index is 0.0902. The molecule has 0 N–H and O–H groups in total. The molecule has 0 aliphatic carbocycles. The van der Waals surface area contributed by atoms with Gasteiger partial charge >= 0.3 is 0 Å². The maximum Gasteiger partial charge on any atom is 0.226 e. The summed E-state index contributed by atoms with van der Waals surface area (Å²) in [6.07, 6.45) is 2.97. The number of aromatic nitrogens is 2. The molecule has 0 saturated carbocycles. The fraction of sp³-hybridized carbons (Fsp3) is 0.444. The van der Waals surface area contributed by atoms with E-state index < -0.39 is 0 Å². The molecule has 1 fully saturated rings. The number of anilines is 2. The Morgan fingerprint density at radius 1 is 1.22 bits per heavy atom. The van der Waals surface area contributed by atoms with Crippen LogP contribution in [0.3, 0.4) is 0 Å². The molecule has 1 aromatic carbocycles. The van der Waals surface area contributed by atoms with Crippen LogP contribution in [0.15, 0.2) is 36.5 Å². The van der Waals surface area contributed by atoms with Gasteiger partial charge in [-0.15, -0.1) is 0 Å². The molecule has 5 nitrogen and oxygen atoms in total. The fourth-order valence-electron chi connectivity index (χ4n) is 2.76. The van der Waals surface area contributed by atoms with E-state index in [0.29, 0.717) is 6.61 Å². The standard InChI is InChI=1S/C18H24N4O/c1-4-14-5-7-15(8-6-14)16-13-22(11-12-23-16)17-9-10-19-18(20-17)21(2)3/h5-10,16H,4,11-13H2,1-3H3. The highest BCUT2D eigenvalue weighted by atomic mass is 16.5. The van der Waals surface area contributed by atoms with Crippen LogP contribution >= 0.6 is 0 Å². The summed E-state index contributed by atoms with van der Waals surface area (Å²) < 4.78 is 5.97. The minimum Gasteiger partial charge on any atom is -0.370 e. The van der Waals surface area contributed by atoms with Gasteiger partial charge in [0, 0.05) is 33.4 Å². The van der Waals surface area contributed by atoms with E-state index >= 15 is 0 Å². The molecule has 2 aromatic rings. The second kappa shape index (κ2) is 6.96. The fourth-order valence-corrected chi connectivity index (χ4v) is 2.76. The van der Waals surface area contributed by atoms with Gasteiger partial charge in [-0.3, -0.25) is 0 Å². The zero-order chi connectivity index (χ0) is 16.2. The minimum absolute atomic E-state index is 0.0902. The highest BCUT2D eigenvalue weighted by molar-refractivity contribution is 5.44. The van der Waals surface area contributed by atoms with E-state index in [0.717, 1.165) is 31.3 Å². The van der Waals surface area contributed by atoms with Crippen LogP contribution in [0.4, 0.5) is 11.8 Å². The molecular formula is C18H24N4O. The van der Waals surface area contributed by atoms with E-state index in [1.807, 2.05) is 31.3 Å². The molecule has 0 amide bonds. The third kappa shape index (κ3) is 3.62. The Hall–Kier alpha value is -2.14. The van der Waals surface area contributed by atoms with Gasteiger partial charge in [0.25, 0.3) is 0 Å². The lowest BCUT2D eigenvalue weighted by atomic mass is 10.0. The Bertz CT molecular complexity index is 642. The normalized spacial score (nSPS) is 18.0. The van der Waals surface area contributed by atoms with Crippen LogP contribution in [-0.2, 0) is 11.2 Å². The number of rotatable bonds is 4. The third-order valence-electron chi connectivity index (χ3n) is 4.18. The Labute approximate surface area is 137 Å². The lowest BCUT2D eigenvalue weighted by Crippen LogP contribution is -2.39. The number of benzene rings is 1. The van der Waals surface area contributed by atoms with Crippen molar-refractivity contribution in [3.63, 3.8) is 0 Å². The molecule has 2 heterocycles. The molecule has 3 rings (SSSR count). The van der Waals surface area contributed by atoms with Gasteiger partial charge in [-0.25, -0.2) is 4.98 Å². The maximum atomic E-state index is 5.97. The van der Waals surface area contributed by atoms with Crippen molar-refractivity contribution in [3.8, 4) is 0 Å². The number of morpholine rings is 1. The van der Waals surface area contributed by atoms with Crippen molar-refractivity contribution in [1.82, 2.24) is 9.97 Å². The molecule has 0 spiro atoms. The Morgan fingerprint density at radius 3 is 2.70 bits per heavy atom. The van der Waals surface area contributed by atoms with Crippen LogP contribution in [-0.4, -0.2) is 43.8 Å². The molecule has 1 aliphatic heterocycles. The van der Waals surface area contributed by atoms with Gasteiger partial charge < -0.3 is 14.5 Å². The van der Waals surface area contributed by atoms with Crippen LogP contribution in [0.2, 0.25) is 0 Å². The molecule has 1 aliphatic rings. The molecule has 1 aromatic heterocycles. The topological polar surface area (TPSA) is 41.5 Å². The second-order valence-corrected chi connectivity index (χ2v) is 6.01. The summed E-state index contributed by atoms with van der Waals surface area (Å²) in [5.41, 5.74) is 2.58. The average Bonchev–Trinajstić information content (AvgIpc) is 2.62. The van der Waals surface area contributed by atoms with Gasteiger partial charge in [0.05, 0.1) is 6.61 Å². The second-order valence-electron chi connectivity index (χ2n) is 6.01. The van der Waals surface area contributed by atoms with E-state index in [2.05, 4.69) is 46.1 Å². The summed E-state index contributed by atoms with van der Waals surface area (Å²) >= 11 is 0. The van der Waals surface area contributed by atoms with Crippen molar-refractivity contribution < 1.29 is 4.74 Å². The lowest BCUT2D eigenvalue weighted by molar-refractivity contribution is 0.0395. The number of ether oxygens (including phenoxy) is 1. The lowest BCUT2D eigenvalue weighted by Gasteiger charge is -2.34. The first-order valence-electron chi connectivity index (χ1n) is 8.13. The van der Waals surface area contributed by atoms with Crippen molar-refractivity contribution >= 4 is 11.8 Å². The molecule has 1 atom stereocenters. The molecule has 23 heavy (non-hydrogen) atoms. The van der Waals surface area contributed by atoms with E-state index in [9.17, 15) is 0 Å². The zero-order valence-corrected chi connectivity index (χ0v) is 14.1. The zero-order valence-electron chi connectivity index (χ0n) is 14.1. The first-order chi connectivity index (χ1) is 11.2. The monoisotopic (exact) mass is 312 g/mol. The summed E-state index contributed by atoms with van der Waals surface area (Å²) in [7, 11) is 3.91. The summed E-state index contributed by atoms with van der Waals surface area (Å²) in [5.74, 6) is 1.69. The molecule has 5 heteroatoms. The number of hydrogen-bond donors (Lipinski definition) is 0. The number of nitrogens with zero attached hydrogens (tertiary/aromatic N) is 4. The molecule has 1 saturated heterocycles. The van der Waals surface area contributed by atoms with Crippen LogP contribution in [0, 0.1) is 0 Å². The Morgan fingerprint density at radius 2 is 2.00 bits per heavy atom. The molecule has 1 unspecified atom stereocenters. The van der Waals surface area contributed by atoms with E-state index in [-0.39, 0.29) is 6.10 Å². The maximum absolute atomic E-state index is 5.97. The van der Waals surface area contributed by atoms with Crippen LogP contribution in [0.25, 0.3) is 0 Å². The first kappa shape index (κ1) is 15.7. The predicted octanol–water partition coefficient (Wildman–Crippen LogP) is 2.68. The van der Waals surface area contributed by atoms with Crippen LogP contribution in [0.5, 0.6) is 0 Å². The van der Waals surface area contributed by atoms with E-state index in [1.165, 1.54) is 11.1 Å². The molecule has 0 radical (unpaired) electrons. The Balaban J connectivity index is 1.76. The highest BCUT2D eigenvalue weighted by Crippen LogP contribution is 2.26. The summed E-state index contributed by atoms with van der Waals surface area (Å²) in [5, 5.41) is 0. The van der Waals surface area contributed by atoms with Crippen molar-refractivity contribution in [2.75, 3.05) is 43.6 Å². The van der Waals surface area contributed by atoms with E-state index in [4.69, 9.17) is 4.74 Å². The quantitative estimate of drug-likeness (QED) is 0.868. The van der Waals surface area contributed by atoms with Crippen molar-refractivity contribution in [1.29, 1.82) is 0 Å². The smallest absolute Gasteiger partial charge is 0.226 e. The van der Waals surface area contributed by atoms with Gasteiger partial charge in [0.15, 0.2) is 0 Å². The van der Waals surface area contributed by atoms with Gasteiger partial charge in [0.2, 0.25) is 5.95 Å². The first-order valence-corrected chi connectivity index (χ1v) is 8.13. The van der Waals surface area contributed by atoms with Gasteiger partial charge in [-0.2, -0.15) is 4.98 Å². The van der Waals surface area contributed by atoms with Crippen LogP contribution < -0.4 is 9.80 Å². The largest absolute Gasteiger partial charge is 0.370 e. The number of aryl methyl sites for hydroxylation is 1. The van der Waals surface area contributed by atoms with Crippen molar-refractivity contribution in [2.45, 2.75) is 19.4 Å². The molecule has 122 valence electrons. The van der Waals surface area contributed by atoms with Crippen LogP contribution in [0.1, 0.15) is 24.2 Å². The predicted molar refractivity (Wildman–Crippen MR) is 93.1 cm³/mol. The van der Waals surface area contributed by atoms with Gasteiger partial charge in [-0.1, -0.05) is 31.2 Å². The summed E-state index contributed by atoms with van der Waals surface area (Å²) in [6.45, 7) is 4.55. The summed E-state index contributed by atoms with van der Waals surface area (Å²) in [4.78, 5) is 13.1. The Kier molecular flexibility index (Phi) is 4.76. The van der Waals surface area contributed by atoms with E-state index in [1.54, 1.807) is 0 Å². The van der Waals surface area contributed by atoms with Gasteiger partial charge in [-0.05, 0) is 23.6 Å².